The Labute approximate surface area is 97.2 Å². The van der Waals surface area contributed by atoms with E-state index in [1.54, 1.807) is 18.3 Å². The Balaban J connectivity index is 2.48. The van der Waals surface area contributed by atoms with Crippen LogP contribution in [-0.4, -0.2) is 21.2 Å². The van der Waals surface area contributed by atoms with Gasteiger partial charge in [-0.3, -0.25) is 4.98 Å². The summed E-state index contributed by atoms with van der Waals surface area (Å²) >= 11 is 0. The van der Waals surface area contributed by atoms with Crippen LogP contribution in [0.5, 0.6) is 5.75 Å². The number of rotatable bonds is 2. The number of pyridine rings is 1. The minimum absolute atomic E-state index is 0.134. The Kier molecular flexibility index (Phi) is 2.66. The molecule has 2 aromatic rings. The molecule has 0 aliphatic rings. The predicted octanol–water partition coefficient (Wildman–Crippen LogP) is 1.73. The summed E-state index contributed by atoms with van der Waals surface area (Å²) in [6, 6.07) is 6.01. The fourth-order valence-corrected chi connectivity index (χ4v) is 1.51. The lowest BCUT2D eigenvalue weighted by Crippen LogP contribution is -1.96. The molecule has 0 radical (unpaired) electrons. The van der Waals surface area contributed by atoms with Gasteiger partial charge < -0.3 is 15.9 Å². The summed E-state index contributed by atoms with van der Waals surface area (Å²) in [5.74, 6) is -1.45. The molecule has 5 heteroatoms. The summed E-state index contributed by atoms with van der Waals surface area (Å²) in [5, 5.41) is 18.3. The molecule has 17 heavy (non-hydrogen) atoms. The minimum Gasteiger partial charge on any atom is -0.507 e. The Bertz CT molecular complexity index is 582. The lowest BCUT2D eigenvalue weighted by Gasteiger charge is -2.05. The number of carbonyl (C=O) groups is 1. The molecule has 2 rings (SSSR count). The normalized spacial score (nSPS) is 10.1. The molecule has 0 unspecified atom stereocenters. The number of hydrogen-bond donors (Lipinski definition) is 3. The highest BCUT2D eigenvalue weighted by atomic mass is 16.4. The van der Waals surface area contributed by atoms with Gasteiger partial charge in [0.15, 0.2) is 0 Å². The molecule has 0 aliphatic carbocycles. The van der Waals surface area contributed by atoms with Crippen molar-refractivity contribution in [3.63, 3.8) is 0 Å². The highest BCUT2D eigenvalue weighted by Gasteiger charge is 2.10. The summed E-state index contributed by atoms with van der Waals surface area (Å²) in [6.45, 7) is 0. The zero-order valence-corrected chi connectivity index (χ0v) is 8.79. The first kappa shape index (κ1) is 10.9. The number of benzene rings is 1. The summed E-state index contributed by atoms with van der Waals surface area (Å²) in [6.07, 6.45) is 3.10. The summed E-state index contributed by atoms with van der Waals surface area (Å²) in [4.78, 5) is 14.7. The Morgan fingerprint density at radius 3 is 2.53 bits per heavy atom. The van der Waals surface area contributed by atoms with E-state index >= 15 is 0 Å². The van der Waals surface area contributed by atoms with Crippen molar-refractivity contribution < 1.29 is 15.0 Å². The van der Waals surface area contributed by atoms with E-state index in [0.717, 1.165) is 5.56 Å². The van der Waals surface area contributed by atoms with Gasteiger partial charge in [0.1, 0.15) is 11.3 Å². The molecule has 4 N–H and O–H groups in total. The number of aromatic nitrogens is 1. The van der Waals surface area contributed by atoms with Gasteiger partial charge in [0, 0.05) is 18.0 Å². The van der Waals surface area contributed by atoms with Crippen molar-refractivity contribution in [1.82, 2.24) is 4.98 Å². The molecule has 1 aromatic heterocycles. The highest BCUT2D eigenvalue weighted by Crippen LogP contribution is 2.26. The Hall–Kier alpha value is -2.56. The molecule has 1 heterocycles. The van der Waals surface area contributed by atoms with E-state index in [-0.39, 0.29) is 11.3 Å². The molecule has 0 aliphatic heterocycles. The SMILES string of the molecule is Nc1cncc(-c2ccc(C(=O)O)c(O)c2)c1. The monoisotopic (exact) mass is 230 g/mol. The molecule has 5 nitrogen and oxygen atoms in total. The number of carboxylic acids is 1. The van der Waals surface area contributed by atoms with E-state index in [4.69, 9.17) is 10.8 Å². The maximum absolute atomic E-state index is 10.7. The standard InChI is InChI=1S/C12H10N2O3/c13-9-3-8(5-14-6-9)7-1-2-10(12(16)17)11(15)4-7/h1-6,15H,13H2,(H,16,17). The zero-order chi connectivity index (χ0) is 12.4. The molecule has 0 amide bonds. The lowest BCUT2D eigenvalue weighted by molar-refractivity contribution is 0.0694. The third-order valence-corrected chi connectivity index (χ3v) is 2.32. The van der Waals surface area contributed by atoms with Gasteiger partial charge in [-0.15, -0.1) is 0 Å². The van der Waals surface area contributed by atoms with Crippen LogP contribution < -0.4 is 5.73 Å². The van der Waals surface area contributed by atoms with Crippen molar-refractivity contribution in [2.75, 3.05) is 5.73 Å². The van der Waals surface area contributed by atoms with Crippen LogP contribution in [-0.2, 0) is 0 Å². The van der Waals surface area contributed by atoms with Crippen molar-refractivity contribution in [3.05, 3.63) is 42.2 Å². The fourth-order valence-electron chi connectivity index (χ4n) is 1.51. The smallest absolute Gasteiger partial charge is 0.339 e. The van der Waals surface area contributed by atoms with Crippen molar-refractivity contribution in [3.8, 4) is 16.9 Å². The van der Waals surface area contributed by atoms with Crippen molar-refractivity contribution in [2.45, 2.75) is 0 Å². The van der Waals surface area contributed by atoms with E-state index in [9.17, 15) is 9.90 Å². The minimum atomic E-state index is -1.17. The number of nitrogens with zero attached hydrogens (tertiary/aromatic N) is 1. The van der Waals surface area contributed by atoms with Crippen molar-refractivity contribution in [2.24, 2.45) is 0 Å². The van der Waals surface area contributed by atoms with E-state index in [1.165, 1.54) is 18.3 Å². The average Bonchev–Trinajstić information content (AvgIpc) is 2.28. The molecule has 0 spiro atoms. The predicted molar refractivity (Wildman–Crippen MR) is 62.7 cm³/mol. The number of carboxylic acid groups (broad SMARTS) is 1. The van der Waals surface area contributed by atoms with Gasteiger partial charge in [-0.05, 0) is 23.8 Å². The molecule has 0 bridgehead atoms. The number of anilines is 1. The van der Waals surface area contributed by atoms with Gasteiger partial charge in [-0.2, -0.15) is 0 Å². The molecule has 0 atom stereocenters. The number of nitrogens with two attached hydrogens (primary N) is 1. The average molecular weight is 230 g/mol. The van der Waals surface area contributed by atoms with E-state index in [0.29, 0.717) is 11.3 Å². The van der Waals surface area contributed by atoms with Gasteiger partial charge in [-0.1, -0.05) is 6.07 Å². The zero-order valence-electron chi connectivity index (χ0n) is 8.79. The first-order valence-electron chi connectivity index (χ1n) is 4.85. The third kappa shape index (κ3) is 2.17. The van der Waals surface area contributed by atoms with Crippen LogP contribution in [0.15, 0.2) is 36.7 Å². The quantitative estimate of drug-likeness (QED) is 0.730. The molecule has 1 aromatic carbocycles. The van der Waals surface area contributed by atoms with Gasteiger partial charge in [0.2, 0.25) is 0 Å². The maximum atomic E-state index is 10.7. The number of phenols is 1. The van der Waals surface area contributed by atoms with Crippen LogP contribution in [0.3, 0.4) is 0 Å². The number of aromatic carboxylic acids is 1. The summed E-state index contributed by atoms with van der Waals surface area (Å²) in [7, 11) is 0. The fraction of sp³-hybridized carbons (Fsp3) is 0. The van der Waals surface area contributed by atoms with Gasteiger partial charge in [-0.25, -0.2) is 4.79 Å². The van der Waals surface area contributed by atoms with Crippen LogP contribution in [0.2, 0.25) is 0 Å². The Morgan fingerprint density at radius 1 is 1.18 bits per heavy atom. The number of hydrogen-bond acceptors (Lipinski definition) is 4. The van der Waals surface area contributed by atoms with E-state index < -0.39 is 5.97 Å². The van der Waals surface area contributed by atoms with E-state index in [2.05, 4.69) is 4.98 Å². The Morgan fingerprint density at radius 2 is 1.94 bits per heavy atom. The number of aromatic hydroxyl groups is 1. The second kappa shape index (κ2) is 4.13. The summed E-state index contributed by atoms with van der Waals surface area (Å²) in [5.41, 5.74) is 7.34. The van der Waals surface area contributed by atoms with Crippen LogP contribution in [0.25, 0.3) is 11.1 Å². The van der Waals surface area contributed by atoms with Crippen LogP contribution in [0.1, 0.15) is 10.4 Å². The van der Waals surface area contributed by atoms with Crippen molar-refractivity contribution >= 4 is 11.7 Å². The summed E-state index contributed by atoms with van der Waals surface area (Å²) < 4.78 is 0. The first-order chi connectivity index (χ1) is 8.08. The topological polar surface area (TPSA) is 96.4 Å². The second-order valence-electron chi connectivity index (χ2n) is 3.54. The molecular formula is C12H10N2O3. The van der Waals surface area contributed by atoms with Crippen molar-refractivity contribution in [1.29, 1.82) is 0 Å². The van der Waals surface area contributed by atoms with Gasteiger partial charge in [0.25, 0.3) is 0 Å². The van der Waals surface area contributed by atoms with Gasteiger partial charge >= 0.3 is 5.97 Å². The van der Waals surface area contributed by atoms with Crippen LogP contribution in [0.4, 0.5) is 5.69 Å². The van der Waals surface area contributed by atoms with Crippen LogP contribution >= 0.6 is 0 Å². The first-order valence-corrected chi connectivity index (χ1v) is 4.85. The van der Waals surface area contributed by atoms with Crippen LogP contribution in [0, 0.1) is 0 Å². The molecule has 0 saturated carbocycles. The number of nitrogen functional groups attached to an aromatic ring is 1. The highest BCUT2D eigenvalue weighted by molar-refractivity contribution is 5.91. The molecule has 86 valence electrons. The molecule has 0 saturated heterocycles. The van der Waals surface area contributed by atoms with Gasteiger partial charge in [0.05, 0.1) is 5.69 Å². The third-order valence-electron chi connectivity index (χ3n) is 2.32. The maximum Gasteiger partial charge on any atom is 0.339 e. The molecular weight excluding hydrogens is 220 g/mol. The molecule has 0 fully saturated rings. The largest absolute Gasteiger partial charge is 0.507 e. The second-order valence-corrected chi connectivity index (χ2v) is 3.54. The lowest BCUT2D eigenvalue weighted by atomic mass is 10.0. The van der Waals surface area contributed by atoms with E-state index in [1.807, 2.05) is 0 Å².